The quantitative estimate of drug-likeness (QED) is 0.394. The molecule has 0 bridgehead atoms. The lowest BCUT2D eigenvalue weighted by molar-refractivity contribution is -0.140. The second kappa shape index (κ2) is 13.1. The number of nitrogens with zero attached hydrogens (tertiary/aromatic N) is 2. The van der Waals surface area contributed by atoms with Gasteiger partial charge in [0.05, 0.1) is 11.9 Å². The maximum atomic E-state index is 13.6. The fourth-order valence-corrected chi connectivity index (χ4v) is 4.87. The van der Waals surface area contributed by atoms with Crippen molar-refractivity contribution >= 4 is 50.7 Å². The van der Waals surface area contributed by atoms with Gasteiger partial charge >= 0.3 is 0 Å². The van der Waals surface area contributed by atoms with Crippen LogP contribution in [0.15, 0.2) is 42.5 Å². The van der Waals surface area contributed by atoms with Crippen molar-refractivity contribution in [1.29, 1.82) is 0 Å². The Balaban J connectivity index is 2.45. The SMILES string of the molecule is CCCCNC(=O)[C@H](CC)N(Cc1c(Cl)cccc1Cl)C(=O)CN(c1ccc(F)cc1)S(C)(=O)=O. The lowest BCUT2D eigenvalue weighted by Crippen LogP contribution is -2.52. The van der Waals surface area contributed by atoms with E-state index in [-0.39, 0.29) is 24.6 Å². The first-order valence-electron chi connectivity index (χ1n) is 11.2. The maximum Gasteiger partial charge on any atom is 0.244 e. The van der Waals surface area contributed by atoms with Crippen molar-refractivity contribution in [3.63, 3.8) is 0 Å². The molecule has 0 aromatic heterocycles. The van der Waals surface area contributed by atoms with Gasteiger partial charge in [0.1, 0.15) is 18.4 Å². The van der Waals surface area contributed by atoms with Gasteiger partial charge in [-0.15, -0.1) is 0 Å². The molecular formula is C24H30Cl2FN3O4S. The molecule has 0 aliphatic carbocycles. The van der Waals surface area contributed by atoms with Crippen LogP contribution in [-0.4, -0.2) is 50.5 Å². The van der Waals surface area contributed by atoms with Gasteiger partial charge in [-0.3, -0.25) is 13.9 Å². The van der Waals surface area contributed by atoms with Crippen LogP contribution in [0.4, 0.5) is 10.1 Å². The van der Waals surface area contributed by atoms with Crippen molar-refractivity contribution in [2.45, 2.75) is 45.7 Å². The molecule has 11 heteroatoms. The van der Waals surface area contributed by atoms with Gasteiger partial charge in [-0.2, -0.15) is 0 Å². The molecule has 0 spiro atoms. The van der Waals surface area contributed by atoms with Crippen LogP contribution in [0.3, 0.4) is 0 Å². The van der Waals surface area contributed by atoms with Gasteiger partial charge < -0.3 is 10.2 Å². The number of anilines is 1. The smallest absolute Gasteiger partial charge is 0.244 e. The summed E-state index contributed by atoms with van der Waals surface area (Å²) in [6.45, 7) is 3.51. The molecule has 2 rings (SSSR count). The second-order valence-corrected chi connectivity index (χ2v) is 10.8. The molecule has 192 valence electrons. The van der Waals surface area contributed by atoms with Crippen LogP contribution in [0.2, 0.25) is 10.0 Å². The normalized spacial score (nSPS) is 12.2. The molecule has 0 saturated carbocycles. The van der Waals surface area contributed by atoms with E-state index in [1.54, 1.807) is 25.1 Å². The number of sulfonamides is 1. The summed E-state index contributed by atoms with van der Waals surface area (Å²) < 4.78 is 39.3. The summed E-state index contributed by atoms with van der Waals surface area (Å²) in [6.07, 6.45) is 2.89. The summed E-state index contributed by atoms with van der Waals surface area (Å²) >= 11 is 12.7. The van der Waals surface area contributed by atoms with Crippen molar-refractivity contribution in [3.05, 3.63) is 63.9 Å². The van der Waals surface area contributed by atoms with Crippen molar-refractivity contribution in [2.24, 2.45) is 0 Å². The van der Waals surface area contributed by atoms with Crippen LogP contribution >= 0.6 is 23.2 Å². The predicted molar refractivity (Wildman–Crippen MR) is 138 cm³/mol. The highest BCUT2D eigenvalue weighted by Gasteiger charge is 2.32. The number of carbonyl (C=O) groups is 2. The molecule has 0 saturated heterocycles. The molecule has 0 heterocycles. The molecule has 7 nitrogen and oxygen atoms in total. The van der Waals surface area contributed by atoms with Crippen LogP contribution in [0, 0.1) is 5.82 Å². The van der Waals surface area contributed by atoms with E-state index in [1.807, 2.05) is 6.92 Å². The van der Waals surface area contributed by atoms with Gasteiger partial charge in [-0.05, 0) is 49.2 Å². The molecule has 0 fully saturated rings. The maximum absolute atomic E-state index is 13.6. The lowest BCUT2D eigenvalue weighted by atomic mass is 10.1. The molecule has 2 aromatic carbocycles. The fraction of sp³-hybridized carbons (Fsp3) is 0.417. The van der Waals surface area contributed by atoms with E-state index in [9.17, 15) is 22.4 Å². The van der Waals surface area contributed by atoms with Crippen LogP contribution in [0.25, 0.3) is 0 Å². The van der Waals surface area contributed by atoms with Gasteiger partial charge in [-0.1, -0.05) is 49.5 Å². The highest BCUT2D eigenvalue weighted by atomic mass is 35.5. The Kier molecular flexibility index (Phi) is 10.8. The zero-order valence-corrected chi connectivity index (χ0v) is 22.3. The highest BCUT2D eigenvalue weighted by molar-refractivity contribution is 7.92. The predicted octanol–water partition coefficient (Wildman–Crippen LogP) is 4.62. The van der Waals surface area contributed by atoms with E-state index in [1.165, 1.54) is 17.0 Å². The van der Waals surface area contributed by atoms with Gasteiger partial charge in [0.2, 0.25) is 21.8 Å². The van der Waals surface area contributed by atoms with Crippen molar-refractivity contribution < 1.29 is 22.4 Å². The molecule has 35 heavy (non-hydrogen) atoms. The van der Waals surface area contributed by atoms with E-state index in [0.29, 0.717) is 22.2 Å². The monoisotopic (exact) mass is 545 g/mol. The molecule has 0 aliphatic heterocycles. The lowest BCUT2D eigenvalue weighted by Gasteiger charge is -2.33. The van der Waals surface area contributed by atoms with Gasteiger partial charge in [-0.25, -0.2) is 12.8 Å². The zero-order chi connectivity index (χ0) is 26.2. The fourth-order valence-electron chi connectivity index (χ4n) is 3.50. The van der Waals surface area contributed by atoms with E-state index < -0.39 is 34.3 Å². The van der Waals surface area contributed by atoms with Crippen LogP contribution in [0.1, 0.15) is 38.7 Å². The number of hydrogen-bond acceptors (Lipinski definition) is 4. The number of nitrogens with one attached hydrogen (secondary N) is 1. The topological polar surface area (TPSA) is 86.8 Å². The number of carbonyl (C=O) groups excluding carboxylic acids is 2. The third kappa shape index (κ3) is 8.08. The summed E-state index contributed by atoms with van der Waals surface area (Å²) in [4.78, 5) is 27.9. The summed E-state index contributed by atoms with van der Waals surface area (Å²) in [5.74, 6) is -1.53. The molecule has 0 radical (unpaired) electrons. The Morgan fingerprint density at radius 3 is 2.17 bits per heavy atom. The minimum absolute atomic E-state index is 0.0991. The first kappa shape index (κ1) is 28.9. The average Bonchev–Trinajstić information content (AvgIpc) is 2.79. The van der Waals surface area contributed by atoms with E-state index in [4.69, 9.17) is 23.2 Å². The van der Waals surface area contributed by atoms with Crippen LogP contribution < -0.4 is 9.62 Å². The minimum atomic E-state index is -3.91. The standard InChI is InChI=1S/C24H30Cl2FN3O4S/c1-4-6-14-28-24(32)22(5-2)29(15-19-20(25)8-7-9-21(19)26)23(31)16-30(35(3,33)34)18-12-10-17(27)11-13-18/h7-13,22H,4-6,14-16H2,1-3H3,(H,28,32)/t22-/m0/s1. The van der Waals surface area contributed by atoms with E-state index in [2.05, 4.69) is 5.32 Å². The Bertz CT molecular complexity index is 1110. The zero-order valence-electron chi connectivity index (χ0n) is 19.9. The van der Waals surface area contributed by atoms with Crippen molar-refractivity contribution in [2.75, 3.05) is 23.7 Å². The Morgan fingerprint density at radius 1 is 1.06 bits per heavy atom. The first-order chi connectivity index (χ1) is 16.5. The van der Waals surface area contributed by atoms with Gasteiger partial charge in [0, 0.05) is 28.7 Å². The highest BCUT2D eigenvalue weighted by Crippen LogP contribution is 2.27. The number of halogens is 3. The average molecular weight is 546 g/mol. The van der Waals surface area contributed by atoms with Gasteiger partial charge in [0.15, 0.2) is 0 Å². The number of amides is 2. The Labute approximate surface area is 216 Å². The minimum Gasteiger partial charge on any atom is -0.354 e. The van der Waals surface area contributed by atoms with Crippen LogP contribution in [0.5, 0.6) is 0 Å². The molecule has 0 unspecified atom stereocenters. The number of unbranched alkanes of at least 4 members (excludes halogenated alkanes) is 1. The van der Waals surface area contributed by atoms with Crippen LogP contribution in [-0.2, 0) is 26.2 Å². The Hall–Kier alpha value is -2.36. The Morgan fingerprint density at radius 2 is 1.66 bits per heavy atom. The number of benzene rings is 2. The molecule has 0 aliphatic rings. The summed E-state index contributed by atoms with van der Waals surface area (Å²) in [6, 6.07) is 8.77. The van der Waals surface area contributed by atoms with E-state index in [0.717, 1.165) is 35.5 Å². The van der Waals surface area contributed by atoms with Crippen molar-refractivity contribution in [1.82, 2.24) is 10.2 Å². The van der Waals surface area contributed by atoms with Crippen molar-refractivity contribution in [3.8, 4) is 0 Å². The summed E-state index contributed by atoms with van der Waals surface area (Å²) in [5.41, 5.74) is 0.565. The van der Waals surface area contributed by atoms with E-state index >= 15 is 0 Å². The first-order valence-corrected chi connectivity index (χ1v) is 13.8. The summed E-state index contributed by atoms with van der Waals surface area (Å²) in [5, 5.41) is 3.46. The molecule has 1 N–H and O–H groups in total. The molecule has 2 amide bonds. The number of rotatable bonds is 12. The molecule has 1 atom stereocenters. The molecular weight excluding hydrogens is 516 g/mol. The third-order valence-corrected chi connectivity index (χ3v) is 7.25. The third-order valence-electron chi connectivity index (χ3n) is 5.40. The molecule has 2 aromatic rings. The largest absolute Gasteiger partial charge is 0.354 e. The summed E-state index contributed by atoms with van der Waals surface area (Å²) in [7, 11) is -3.91. The van der Waals surface area contributed by atoms with Gasteiger partial charge in [0.25, 0.3) is 0 Å². The number of hydrogen-bond donors (Lipinski definition) is 1. The second-order valence-electron chi connectivity index (χ2n) is 8.04.